The van der Waals surface area contributed by atoms with Crippen LogP contribution in [0, 0.1) is 0 Å². The van der Waals surface area contributed by atoms with Crippen molar-refractivity contribution in [3.8, 4) is 11.3 Å². The van der Waals surface area contributed by atoms with Gasteiger partial charge in [0.25, 0.3) is 0 Å². The van der Waals surface area contributed by atoms with Crippen LogP contribution in [-0.4, -0.2) is 9.97 Å². The summed E-state index contributed by atoms with van der Waals surface area (Å²) >= 11 is 0. The van der Waals surface area contributed by atoms with E-state index in [1.165, 1.54) is 6.33 Å². The zero-order chi connectivity index (χ0) is 13.8. The quantitative estimate of drug-likeness (QED) is 0.709. The number of hydrogen-bond acceptors (Lipinski definition) is 4. The SMILES string of the molecule is Nc1ccccc1-c1cc(Nc2ccccc2)ncn1. The molecule has 3 aromatic rings. The first-order chi connectivity index (χ1) is 9.83. The topological polar surface area (TPSA) is 63.8 Å². The van der Waals surface area contributed by atoms with Crippen LogP contribution in [0.4, 0.5) is 17.2 Å². The predicted molar refractivity (Wildman–Crippen MR) is 81.6 cm³/mol. The van der Waals surface area contributed by atoms with Crippen molar-refractivity contribution in [3.05, 3.63) is 67.0 Å². The molecule has 0 radical (unpaired) electrons. The van der Waals surface area contributed by atoms with E-state index in [9.17, 15) is 0 Å². The Hall–Kier alpha value is -2.88. The Bertz CT molecular complexity index is 710. The Labute approximate surface area is 117 Å². The van der Waals surface area contributed by atoms with Gasteiger partial charge in [0.05, 0.1) is 5.69 Å². The van der Waals surface area contributed by atoms with Gasteiger partial charge in [-0.1, -0.05) is 36.4 Å². The van der Waals surface area contributed by atoms with Crippen LogP contribution in [0.2, 0.25) is 0 Å². The molecule has 0 unspecified atom stereocenters. The van der Waals surface area contributed by atoms with Gasteiger partial charge in [-0.2, -0.15) is 0 Å². The Morgan fingerprint density at radius 2 is 1.60 bits per heavy atom. The van der Waals surface area contributed by atoms with Crippen LogP contribution in [0.3, 0.4) is 0 Å². The highest BCUT2D eigenvalue weighted by atomic mass is 15.0. The number of benzene rings is 2. The first-order valence-corrected chi connectivity index (χ1v) is 6.32. The summed E-state index contributed by atoms with van der Waals surface area (Å²) in [7, 11) is 0. The molecule has 2 aromatic carbocycles. The second-order valence-electron chi connectivity index (χ2n) is 4.37. The Morgan fingerprint density at radius 1 is 0.850 bits per heavy atom. The highest BCUT2D eigenvalue weighted by Gasteiger charge is 2.05. The number of nitrogens with zero attached hydrogens (tertiary/aromatic N) is 2. The maximum atomic E-state index is 5.97. The van der Waals surface area contributed by atoms with Crippen molar-refractivity contribution in [2.24, 2.45) is 0 Å². The highest BCUT2D eigenvalue weighted by molar-refractivity contribution is 5.75. The lowest BCUT2D eigenvalue weighted by Crippen LogP contribution is -1.96. The van der Waals surface area contributed by atoms with Crippen molar-refractivity contribution in [2.75, 3.05) is 11.1 Å². The summed E-state index contributed by atoms with van der Waals surface area (Å²) in [6.07, 6.45) is 1.53. The van der Waals surface area contributed by atoms with E-state index < -0.39 is 0 Å². The van der Waals surface area contributed by atoms with Crippen LogP contribution in [0.1, 0.15) is 0 Å². The normalized spacial score (nSPS) is 10.2. The van der Waals surface area contributed by atoms with Crippen molar-refractivity contribution >= 4 is 17.2 Å². The van der Waals surface area contributed by atoms with Gasteiger partial charge in [0.15, 0.2) is 0 Å². The van der Waals surface area contributed by atoms with Gasteiger partial charge in [-0.05, 0) is 18.2 Å². The van der Waals surface area contributed by atoms with E-state index in [4.69, 9.17) is 5.73 Å². The van der Waals surface area contributed by atoms with E-state index in [2.05, 4.69) is 15.3 Å². The monoisotopic (exact) mass is 262 g/mol. The number of nitrogens with two attached hydrogens (primary N) is 1. The second-order valence-corrected chi connectivity index (χ2v) is 4.37. The molecule has 0 amide bonds. The molecule has 0 saturated carbocycles. The molecule has 4 heteroatoms. The maximum absolute atomic E-state index is 5.97. The average molecular weight is 262 g/mol. The Balaban J connectivity index is 1.92. The summed E-state index contributed by atoms with van der Waals surface area (Å²) in [6, 6.07) is 19.4. The Kier molecular flexibility index (Phi) is 3.29. The fourth-order valence-corrected chi connectivity index (χ4v) is 1.97. The third kappa shape index (κ3) is 2.59. The maximum Gasteiger partial charge on any atom is 0.134 e. The van der Waals surface area contributed by atoms with Gasteiger partial charge >= 0.3 is 0 Å². The van der Waals surface area contributed by atoms with Crippen LogP contribution >= 0.6 is 0 Å². The molecule has 1 aromatic heterocycles. The molecular weight excluding hydrogens is 248 g/mol. The molecule has 98 valence electrons. The van der Waals surface area contributed by atoms with Gasteiger partial charge in [0.2, 0.25) is 0 Å². The zero-order valence-electron chi connectivity index (χ0n) is 10.8. The van der Waals surface area contributed by atoms with E-state index >= 15 is 0 Å². The molecule has 0 aliphatic rings. The molecule has 0 fully saturated rings. The fourth-order valence-electron chi connectivity index (χ4n) is 1.97. The molecule has 4 nitrogen and oxygen atoms in total. The lowest BCUT2D eigenvalue weighted by molar-refractivity contribution is 1.17. The van der Waals surface area contributed by atoms with Crippen molar-refractivity contribution in [2.45, 2.75) is 0 Å². The number of aromatic nitrogens is 2. The molecule has 0 saturated heterocycles. The lowest BCUT2D eigenvalue weighted by Gasteiger charge is -2.08. The Morgan fingerprint density at radius 3 is 2.40 bits per heavy atom. The summed E-state index contributed by atoms with van der Waals surface area (Å²) in [6.45, 7) is 0. The van der Waals surface area contributed by atoms with E-state index in [0.29, 0.717) is 5.69 Å². The lowest BCUT2D eigenvalue weighted by atomic mass is 10.1. The van der Waals surface area contributed by atoms with E-state index in [-0.39, 0.29) is 0 Å². The smallest absolute Gasteiger partial charge is 0.134 e. The minimum Gasteiger partial charge on any atom is -0.398 e. The number of anilines is 3. The van der Waals surface area contributed by atoms with Crippen LogP contribution in [0.5, 0.6) is 0 Å². The van der Waals surface area contributed by atoms with Crippen molar-refractivity contribution in [1.29, 1.82) is 0 Å². The van der Waals surface area contributed by atoms with E-state index in [1.54, 1.807) is 0 Å². The van der Waals surface area contributed by atoms with Crippen molar-refractivity contribution in [3.63, 3.8) is 0 Å². The van der Waals surface area contributed by atoms with Crippen LogP contribution in [0.15, 0.2) is 67.0 Å². The molecule has 1 heterocycles. The number of nitrogen functional groups attached to an aromatic ring is 1. The molecule has 0 bridgehead atoms. The first kappa shape index (κ1) is 12.2. The molecular formula is C16H14N4. The molecule has 0 aliphatic heterocycles. The second kappa shape index (κ2) is 5.40. The van der Waals surface area contributed by atoms with Crippen molar-refractivity contribution in [1.82, 2.24) is 9.97 Å². The fraction of sp³-hybridized carbons (Fsp3) is 0. The summed E-state index contributed by atoms with van der Waals surface area (Å²) < 4.78 is 0. The predicted octanol–water partition coefficient (Wildman–Crippen LogP) is 3.47. The number of para-hydroxylation sites is 2. The number of rotatable bonds is 3. The minimum absolute atomic E-state index is 0.705. The van der Waals surface area contributed by atoms with E-state index in [0.717, 1.165) is 22.8 Å². The molecule has 20 heavy (non-hydrogen) atoms. The molecule has 3 N–H and O–H groups in total. The van der Waals surface area contributed by atoms with Gasteiger partial charge in [-0.25, -0.2) is 9.97 Å². The zero-order valence-corrected chi connectivity index (χ0v) is 10.8. The van der Waals surface area contributed by atoms with E-state index in [1.807, 2.05) is 60.7 Å². The van der Waals surface area contributed by atoms with Crippen LogP contribution in [-0.2, 0) is 0 Å². The van der Waals surface area contributed by atoms with Gasteiger partial charge in [0, 0.05) is 23.0 Å². The van der Waals surface area contributed by atoms with Gasteiger partial charge in [0.1, 0.15) is 12.1 Å². The summed E-state index contributed by atoms with van der Waals surface area (Å²) in [5.41, 5.74) is 9.37. The van der Waals surface area contributed by atoms with Gasteiger partial charge in [-0.3, -0.25) is 0 Å². The summed E-state index contributed by atoms with van der Waals surface area (Å²) in [5, 5.41) is 3.24. The number of hydrogen-bond donors (Lipinski definition) is 2. The molecule has 0 atom stereocenters. The van der Waals surface area contributed by atoms with Crippen LogP contribution < -0.4 is 11.1 Å². The van der Waals surface area contributed by atoms with Crippen LogP contribution in [0.25, 0.3) is 11.3 Å². The summed E-state index contributed by atoms with van der Waals surface area (Å²) in [5.74, 6) is 0.740. The largest absolute Gasteiger partial charge is 0.398 e. The highest BCUT2D eigenvalue weighted by Crippen LogP contribution is 2.25. The third-order valence-corrected chi connectivity index (χ3v) is 2.95. The molecule has 0 spiro atoms. The molecule has 3 rings (SSSR count). The van der Waals surface area contributed by atoms with Gasteiger partial charge < -0.3 is 11.1 Å². The molecule has 0 aliphatic carbocycles. The van der Waals surface area contributed by atoms with Crippen molar-refractivity contribution < 1.29 is 0 Å². The minimum atomic E-state index is 0.705. The first-order valence-electron chi connectivity index (χ1n) is 6.32. The summed E-state index contributed by atoms with van der Waals surface area (Å²) in [4.78, 5) is 8.51. The third-order valence-electron chi connectivity index (χ3n) is 2.95. The van der Waals surface area contributed by atoms with Gasteiger partial charge in [-0.15, -0.1) is 0 Å². The number of nitrogens with one attached hydrogen (secondary N) is 1. The standard InChI is InChI=1S/C16H14N4/c17-14-9-5-4-8-13(14)15-10-16(19-11-18-15)20-12-6-2-1-3-7-12/h1-11H,17H2,(H,18,19,20). The average Bonchev–Trinajstić information content (AvgIpc) is 2.49.